The molecule has 1 aromatic heterocycles. The third-order valence-corrected chi connectivity index (χ3v) is 3.62. The number of benzene rings is 1. The molecule has 6 heteroatoms. The van der Waals surface area contributed by atoms with Crippen molar-refractivity contribution >= 4 is 11.8 Å². The van der Waals surface area contributed by atoms with E-state index in [1.165, 1.54) is 0 Å². The maximum absolute atomic E-state index is 12.2. The van der Waals surface area contributed by atoms with Gasteiger partial charge >= 0.3 is 5.51 Å². The molecule has 1 heterocycles. The first-order valence-electron chi connectivity index (χ1n) is 6.45. The van der Waals surface area contributed by atoms with Crippen molar-refractivity contribution in [1.29, 1.82) is 0 Å². The Balaban J connectivity index is 2.04. The Bertz CT molecular complexity index is 492. The molecule has 0 bridgehead atoms. The van der Waals surface area contributed by atoms with Gasteiger partial charge in [-0.1, -0.05) is 30.3 Å². The van der Waals surface area contributed by atoms with E-state index in [9.17, 15) is 13.2 Å². The zero-order chi connectivity index (χ0) is 15.1. The zero-order valence-corrected chi connectivity index (χ0v) is 12.0. The van der Waals surface area contributed by atoms with Crippen LogP contribution in [0, 0.1) is 0 Å². The van der Waals surface area contributed by atoms with E-state index in [2.05, 4.69) is 10.3 Å². The van der Waals surface area contributed by atoms with E-state index >= 15 is 0 Å². The van der Waals surface area contributed by atoms with Gasteiger partial charge < -0.3 is 5.32 Å². The van der Waals surface area contributed by atoms with Crippen molar-refractivity contribution < 1.29 is 13.2 Å². The van der Waals surface area contributed by atoms with Gasteiger partial charge in [0.2, 0.25) is 0 Å². The molecule has 0 spiro atoms. The highest BCUT2D eigenvalue weighted by Gasteiger charge is 2.27. The van der Waals surface area contributed by atoms with Gasteiger partial charge in [0.15, 0.2) is 0 Å². The Morgan fingerprint density at radius 3 is 2.24 bits per heavy atom. The first-order chi connectivity index (χ1) is 10.1. The summed E-state index contributed by atoms with van der Waals surface area (Å²) in [5.41, 5.74) is -2.19. The fourth-order valence-electron chi connectivity index (χ4n) is 2.00. The SMILES string of the molecule is FC(F)(F)SCCNC(c1ccccc1)c1ccncc1. The maximum atomic E-state index is 12.2. The summed E-state index contributed by atoms with van der Waals surface area (Å²) in [6.45, 7) is 0.270. The van der Waals surface area contributed by atoms with Crippen LogP contribution in [-0.2, 0) is 0 Å². The number of nitrogens with one attached hydrogen (secondary N) is 1. The number of thioether (sulfide) groups is 1. The number of rotatable bonds is 6. The van der Waals surface area contributed by atoms with Gasteiger partial charge in [-0.15, -0.1) is 0 Å². The largest absolute Gasteiger partial charge is 0.441 e. The molecule has 1 N–H and O–H groups in total. The lowest BCUT2D eigenvalue weighted by Gasteiger charge is -2.19. The fourth-order valence-corrected chi connectivity index (χ4v) is 2.45. The number of halogens is 3. The van der Waals surface area contributed by atoms with Gasteiger partial charge in [-0.2, -0.15) is 13.2 Å². The number of aromatic nitrogens is 1. The van der Waals surface area contributed by atoms with Gasteiger partial charge in [-0.05, 0) is 35.0 Å². The smallest absolute Gasteiger partial charge is 0.305 e. The van der Waals surface area contributed by atoms with Crippen molar-refractivity contribution in [2.75, 3.05) is 12.3 Å². The van der Waals surface area contributed by atoms with Crippen LogP contribution < -0.4 is 5.32 Å². The molecule has 21 heavy (non-hydrogen) atoms. The Morgan fingerprint density at radius 1 is 1.00 bits per heavy atom. The average Bonchev–Trinajstić information content (AvgIpc) is 2.48. The van der Waals surface area contributed by atoms with E-state index in [0.717, 1.165) is 11.1 Å². The van der Waals surface area contributed by atoms with Crippen molar-refractivity contribution in [1.82, 2.24) is 10.3 Å². The highest BCUT2D eigenvalue weighted by Crippen LogP contribution is 2.29. The minimum absolute atomic E-state index is 0.00891. The average molecular weight is 312 g/mol. The summed E-state index contributed by atoms with van der Waals surface area (Å²) in [5.74, 6) is -0.0160. The molecule has 0 amide bonds. The Labute approximate surface area is 125 Å². The maximum Gasteiger partial charge on any atom is 0.441 e. The molecule has 0 aliphatic rings. The highest BCUT2D eigenvalue weighted by molar-refractivity contribution is 8.00. The van der Waals surface area contributed by atoms with Crippen LogP contribution in [0.4, 0.5) is 13.2 Å². The molecule has 0 fully saturated rings. The van der Waals surface area contributed by atoms with Crippen LogP contribution >= 0.6 is 11.8 Å². The summed E-state index contributed by atoms with van der Waals surface area (Å²) in [4.78, 5) is 3.97. The van der Waals surface area contributed by atoms with E-state index in [1.54, 1.807) is 12.4 Å². The van der Waals surface area contributed by atoms with Crippen molar-refractivity contribution in [2.45, 2.75) is 11.6 Å². The summed E-state index contributed by atoms with van der Waals surface area (Å²) >= 11 is -0.00891. The monoisotopic (exact) mass is 312 g/mol. The molecular formula is C15H15F3N2S. The lowest BCUT2D eigenvalue weighted by atomic mass is 10.00. The van der Waals surface area contributed by atoms with Crippen LogP contribution in [0.15, 0.2) is 54.9 Å². The van der Waals surface area contributed by atoms with E-state index in [0.29, 0.717) is 0 Å². The first-order valence-corrected chi connectivity index (χ1v) is 7.44. The summed E-state index contributed by atoms with van der Waals surface area (Å²) in [5, 5.41) is 3.18. The molecule has 1 atom stereocenters. The predicted molar refractivity (Wildman–Crippen MR) is 79.0 cm³/mol. The van der Waals surface area contributed by atoms with Crippen LogP contribution in [0.25, 0.3) is 0 Å². The molecular weight excluding hydrogens is 297 g/mol. The van der Waals surface area contributed by atoms with Crippen LogP contribution in [0.5, 0.6) is 0 Å². The number of pyridine rings is 1. The number of alkyl halides is 3. The predicted octanol–water partition coefficient (Wildman–Crippen LogP) is 4.01. The topological polar surface area (TPSA) is 24.9 Å². The third-order valence-electron chi connectivity index (χ3n) is 2.89. The van der Waals surface area contributed by atoms with Gasteiger partial charge in [0.1, 0.15) is 0 Å². The molecule has 0 aliphatic heterocycles. The minimum Gasteiger partial charge on any atom is -0.305 e. The highest BCUT2D eigenvalue weighted by atomic mass is 32.2. The lowest BCUT2D eigenvalue weighted by molar-refractivity contribution is -0.0327. The van der Waals surface area contributed by atoms with Crippen molar-refractivity contribution in [3.63, 3.8) is 0 Å². The molecule has 1 unspecified atom stereocenters. The van der Waals surface area contributed by atoms with Crippen molar-refractivity contribution in [2.24, 2.45) is 0 Å². The number of hydrogen-bond donors (Lipinski definition) is 1. The molecule has 0 saturated heterocycles. The number of nitrogens with zero attached hydrogens (tertiary/aromatic N) is 1. The molecule has 2 rings (SSSR count). The molecule has 2 aromatic rings. The number of hydrogen-bond acceptors (Lipinski definition) is 3. The Kier molecular flexibility index (Phi) is 5.64. The Morgan fingerprint density at radius 2 is 1.62 bits per heavy atom. The van der Waals surface area contributed by atoms with Crippen LogP contribution in [0.2, 0.25) is 0 Å². The van der Waals surface area contributed by atoms with Gasteiger partial charge in [0.25, 0.3) is 0 Å². The molecule has 2 nitrogen and oxygen atoms in total. The summed E-state index contributed by atoms with van der Waals surface area (Å²) in [7, 11) is 0. The van der Waals surface area contributed by atoms with Crippen molar-refractivity contribution in [3.8, 4) is 0 Å². The first kappa shape index (κ1) is 15.9. The minimum atomic E-state index is -4.18. The van der Waals surface area contributed by atoms with Gasteiger partial charge in [-0.3, -0.25) is 4.98 Å². The summed E-state index contributed by atoms with van der Waals surface area (Å²) in [6.07, 6.45) is 3.36. The van der Waals surface area contributed by atoms with E-state index in [4.69, 9.17) is 0 Å². The van der Waals surface area contributed by atoms with Crippen LogP contribution in [-0.4, -0.2) is 22.8 Å². The standard InChI is InChI=1S/C15H15F3N2S/c16-15(17,18)21-11-10-20-14(12-4-2-1-3-5-12)13-6-8-19-9-7-13/h1-9,14,20H,10-11H2. The molecule has 0 radical (unpaired) electrons. The van der Waals surface area contributed by atoms with Crippen LogP contribution in [0.1, 0.15) is 17.2 Å². The normalized spacial score (nSPS) is 13.1. The van der Waals surface area contributed by atoms with Gasteiger partial charge in [0.05, 0.1) is 6.04 Å². The molecule has 0 saturated carbocycles. The zero-order valence-electron chi connectivity index (χ0n) is 11.2. The second-order valence-electron chi connectivity index (χ2n) is 4.37. The third kappa shape index (κ3) is 5.40. The quantitative estimate of drug-likeness (QED) is 0.816. The Hall–Kier alpha value is -1.53. The summed E-state index contributed by atoms with van der Waals surface area (Å²) in [6, 6.07) is 13.2. The second kappa shape index (κ2) is 7.47. The van der Waals surface area contributed by atoms with Crippen LogP contribution in [0.3, 0.4) is 0 Å². The van der Waals surface area contributed by atoms with Gasteiger partial charge in [0, 0.05) is 24.7 Å². The fraction of sp³-hybridized carbons (Fsp3) is 0.267. The molecule has 112 valence electrons. The van der Waals surface area contributed by atoms with Gasteiger partial charge in [-0.25, -0.2) is 0 Å². The summed E-state index contributed by atoms with van der Waals surface area (Å²) < 4.78 is 36.5. The second-order valence-corrected chi connectivity index (χ2v) is 5.53. The van der Waals surface area contributed by atoms with E-state index in [1.807, 2.05) is 42.5 Å². The van der Waals surface area contributed by atoms with E-state index in [-0.39, 0.29) is 30.1 Å². The molecule has 0 aliphatic carbocycles. The van der Waals surface area contributed by atoms with E-state index < -0.39 is 5.51 Å². The molecule has 1 aromatic carbocycles. The lowest BCUT2D eigenvalue weighted by Crippen LogP contribution is -2.25. The van der Waals surface area contributed by atoms with Crippen molar-refractivity contribution in [3.05, 3.63) is 66.0 Å².